The van der Waals surface area contributed by atoms with Gasteiger partial charge in [-0.05, 0) is 79.8 Å². The minimum atomic E-state index is -1.40. The largest absolute Gasteiger partial charge is 0.478 e. The molecule has 190 valence electrons. The second-order valence-electron chi connectivity index (χ2n) is 9.00. The number of hydrogen-bond donors (Lipinski definition) is 1. The van der Waals surface area contributed by atoms with Crippen molar-refractivity contribution in [1.29, 1.82) is 0 Å². The smallest absolute Gasteiger partial charge is 0.335 e. The number of imidazole rings is 1. The molecule has 1 heterocycles. The molecule has 5 rings (SSSR count). The summed E-state index contributed by atoms with van der Waals surface area (Å²) < 4.78 is 45.0. The number of rotatable bonds is 6. The van der Waals surface area contributed by atoms with Gasteiger partial charge in [-0.1, -0.05) is 35.5 Å². The minimum absolute atomic E-state index is 0.00921. The molecule has 0 amide bonds. The van der Waals surface area contributed by atoms with Crippen LogP contribution in [0.2, 0.25) is 5.02 Å². The van der Waals surface area contributed by atoms with Crippen LogP contribution in [0, 0.1) is 24.4 Å². The highest BCUT2D eigenvalue weighted by Crippen LogP contribution is 2.42. The Balaban J connectivity index is 1.59. The van der Waals surface area contributed by atoms with E-state index in [-0.39, 0.29) is 23.1 Å². The monoisotopic (exact) mass is 542 g/mol. The van der Waals surface area contributed by atoms with E-state index in [4.69, 9.17) is 21.7 Å². The van der Waals surface area contributed by atoms with Crippen molar-refractivity contribution in [2.24, 2.45) is 0 Å². The van der Waals surface area contributed by atoms with Gasteiger partial charge in [0, 0.05) is 27.9 Å². The number of carbonyl (C=O) groups is 1. The summed E-state index contributed by atoms with van der Waals surface area (Å²) in [5.74, 6) is -3.72. The zero-order valence-corrected chi connectivity index (χ0v) is 21.3. The molecule has 0 fully saturated rings. The number of nitrogens with zero attached hydrogens (tertiary/aromatic N) is 2. The number of aromatic carboxylic acids is 1. The zero-order chi connectivity index (χ0) is 26.3. The maximum atomic E-state index is 14.6. The van der Waals surface area contributed by atoms with Crippen molar-refractivity contribution in [1.82, 2.24) is 9.55 Å². The molecule has 4 nitrogen and oxygen atoms in total. The highest BCUT2D eigenvalue weighted by molar-refractivity contribution is 7.98. The van der Waals surface area contributed by atoms with E-state index in [1.807, 2.05) is 23.6 Å². The average molecular weight is 543 g/mol. The Bertz CT molecular complexity index is 1480. The summed E-state index contributed by atoms with van der Waals surface area (Å²) in [7, 11) is 0. The van der Waals surface area contributed by atoms with Crippen LogP contribution in [-0.2, 0) is 12.2 Å². The summed E-state index contributed by atoms with van der Waals surface area (Å²) >= 11 is 7.42. The number of carboxylic acids is 1. The van der Waals surface area contributed by atoms with Gasteiger partial charge in [-0.3, -0.25) is 4.57 Å². The van der Waals surface area contributed by atoms with Gasteiger partial charge in [0.25, 0.3) is 0 Å². The quantitative estimate of drug-likeness (QED) is 0.253. The molecule has 1 aromatic heterocycles. The van der Waals surface area contributed by atoms with Crippen LogP contribution in [0.4, 0.5) is 13.2 Å². The van der Waals surface area contributed by atoms with Crippen molar-refractivity contribution in [3.8, 4) is 5.69 Å². The van der Waals surface area contributed by atoms with Crippen LogP contribution in [-0.4, -0.2) is 20.6 Å². The van der Waals surface area contributed by atoms with Gasteiger partial charge < -0.3 is 5.11 Å². The summed E-state index contributed by atoms with van der Waals surface area (Å²) in [4.78, 5) is 16.0. The van der Waals surface area contributed by atoms with Crippen LogP contribution in [0.3, 0.4) is 0 Å². The maximum absolute atomic E-state index is 14.6. The number of aromatic nitrogens is 2. The lowest BCUT2D eigenvalue weighted by atomic mass is 9.83. The Morgan fingerprint density at radius 2 is 1.81 bits per heavy atom. The number of halogens is 4. The molecule has 0 radical (unpaired) electrons. The van der Waals surface area contributed by atoms with E-state index in [0.29, 0.717) is 15.9 Å². The molecule has 1 aliphatic rings. The van der Waals surface area contributed by atoms with Crippen LogP contribution < -0.4 is 0 Å². The summed E-state index contributed by atoms with van der Waals surface area (Å²) in [5, 5.41) is 10.3. The first kappa shape index (κ1) is 25.4. The molecule has 0 saturated heterocycles. The second-order valence-corrected chi connectivity index (χ2v) is 10.4. The maximum Gasteiger partial charge on any atom is 0.335 e. The molecule has 0 saturated carbocycles. The van der Waals surface area contributed by atoms with Gasteiger partial charge in [-0.25, -0.2) is 22.9 Å². The van der Waals surface area contributed by atoms with Crippen molar-refractivity contribution >= 4 is 29.3 Å². The van der Waals surface area contributed by atoms with E-state index in [0.717, 1.165) is 65.7 Å². The SMILES string of the molecule is Cc1cc(C2CCCc3nc(SCc4c(F)cc(C(=O)O)cc4F)n(-c4ccc(F)cc4)c32)ccc1Cl. The van der Waals surface area contributed by atoms with Crippen molar-refractivity contribution < 1.29 is 23.1 Å². The van der Waals surface area contributed by atoms with Crippen LogP contribution in [0.15, 0.2) is 59.8 Å². The summed E-state index contributed by atoms with van der Waals surface area (Å²) in [6.45, 7) is 1.95. The molecule has 3 aromatic carbocycles. The van der Waals surface area contributed by atoms with Gasteiger partial charge in [0.15, 0.2) is 5.16 Å². The zero-order valence-electron chi connectivity index (χ0n) is 19.8. The Morgan fingerprint density at radius 1 is 1.11 bits per heavy atom. The molecule has 0 aliphatic heterocycles. The molecular weight excluding hydrogens is 521 g/mol. The second kappa shape index (κ2) is 10.3. The van der Waals surface area contributed by atoms with Crippen molar-refractivity contribution in [3.63, 3.8) is 0 Å². The Hall–Kier alpha value is -3.23. The molecule has 1 aliphatic carbocycles. The summed E-state index contributed by atoms with van der Waals surface area (Å²) in [6.07, 6.45) is 2.55. The van der Waals surface area contributed by atoms with E-state index in [2.05, 4.69) is 6.07 Å². The first-order chi connectivity index (χ1) is 17.7. The predicted molar refractivity (Wildman–Crippen MR) is 137 cm³/mol. The molecule has 1 unspecified atom stereocenters. The normalized spacial score (nSPS) is 15.0. The van der Waals surface area contributed by atoms with Crippen LogP contribution in [0.1, 0.15) is 57.2 Å². The number of carboxylic acid groups (broad SMARTS) is 1. The van der Waals surface area contributed by atoms with Gasteiger partial charge in [-0.15, -0.1) is 0 Å². The van der Waals surface area contributed by atoms with Crippen LogP contribution >= 0.6 is 23.4 Å². The Morgan fingerprint density at radius 3 is 2.46 bits per heavy atom. The molecule has 1 atom stereocenters. The number of benzene rings is 3. The van der Waals surface area contributed by atoms with Gasteiger partial charge in [0.2, 0.25) is 0 Å². The lowest BCUT2D eigenvalue weighted by Crippen LogP contribution is -2.15. The Labute approximate surface area is 221 Å². The van der Waals surface area contributed by atoms with Crippen LogP contribution in [0.25, 0.3) is 5.69 Å². The third-order valence-electron chi connectivity index (χ3n) is 6.60. The lowest BCUT2D eigenvalue weighted by molar-refractivity contribution is 0.0695. The molecular formula is C28H22ClF3N2O2S. The highest BCUT2D eigenvalue weighted by atomic mass is 35.5. The first-order valence-electron chi connectivity index (χ1n) is 11.7. The standard InChI is InChI=1S/C28H22ClF3N2O2S/c1-15-11-16(5-10-22(15)29)20-3-2-4-25-26(20)34(19-8-6-18(30)7-9-19)28(33-25)37-14-21-23(31)12-17(27(35)36)13-24(21)32/h5-13,20H,2-4,14H2,1H3,(H,35,36). The van der Waals surface area contributed by atoms with Gasteiger partial charge in [0.05, 0.1) is 17.0 Å². The van der Waals surface area contributed by atoms with E-state index in [9.17, 15) is 18.0 Å². The molecule has 0 spiro atoms. The first-order valence-corrected chi connectivity index (χ1v) is 13.1. The van der Waals surface area contributed by atoms with Crippen molar-refractivity contribution in [2.45, 2.75) is 43.0 Å². The summed E-state index contributed by atoms with van der Waals surface area (Å²) in [6, 6.07) is 13.6. The molecule has 0 bridgehead atoms. The van der Waals surface area contributed by atoms with Crippen molar-refractivity contribution in [3.05, 3.63) is 111 Å². The van der Waals surface area contributed by atoms with Crippen molar-refractivity contribution in [2.75, 3.05) is 0 Å². The third-order valence-corrected chi connectivity index (χ3v) is 7.99. The van der Waals surface area contributed by atoms with E-state index >= 15 is 0 Å². The fourth-order valence-electron chi connectivity index (χ4n) is 4.75. The molecule has 37 heavy (non-hydrogen) atoms. The molecule has 9 heteroatoms. The Kier molecular flexibility index (Phi) is 7.05. The third kappa shape index (κ3) is 5.00. The number of hydrogen-bond acceptors (Lipinski definition) is 3. The minimum Gasteiger partial charge on any atom is -0.478 e. The molecule has 4 aromatic rings. The molecule has 1 N–H and O–H groups in total. The average Bonchev–Trinajstić information content (AvgIpc) is 3.24. The number of aryl methyl sites for hydroxylation is 2. The summed E-state index contributed by atoms with van der Waals surface area (Å²) in [5.41, 5.74) is 3.91. The predicted octanol–water partition coefficient (Wildman–Crippen LogP) is 7.71. The fraction of sp³-hybridized carbons (Fsp3) is 0.214. The lowest BCUT2D eigenvalue weighted by Gasteiger charge is -2.25. The van der Waals surface area contributed by atoms with Gasteiger partial charge in [-0.2, -0.15) is 0 Å². The number of thioether (sulfide) groups is 1. The topological polar surface area (TPSA) is 55.1 Å². The van der Waals surface area contributed by atoms with E-state index in [1.54, 1.807) is 12.1 Å². The highest BCUT2D eigenvalue weighted by Gasteiger charge is 2.30. The van der Waals surface area contributed by atoms with Crippen LogP contribution in [0.5, 0.6) is 0 Å². The van der Waals surface area contributed by atoms with E-state index < -0.39 is 23.2 Å². The van der Waals surface area contributed by atoms with Gasteiger partial charge >= 0.3 is 5.97 Å². The fourth-order valence-corrected chi connectivity index (χ4v) is 5.93. The van der Waals surface area contributed by atoms with Gasteiger partial charge in [0.1, 0.15) is 17.5 Å². The van der Waals surface area contributed by atoms with E-state index in [1.165, 1.54) is 12.1 Å². The number of fused-ring (bicyclic) bond motifs is 1.